The number of allylic oxidation sites excluding steroid dienone is 12. The zero-order chi connectivity index (χ0) is 44.2. The number of esters is 2. The third-order valence-corrected chi connectivity index (χ3v) is 11.7. The van der Waals surface area contributed by atoms with Crippen molar-refractivity contribution in [1.29, 1.82) is 0 Å². The van der Waals surface area contributed by atoms with Crippen LogP contribution >= 0.6 is 0 Å². The summed E-state index contributed by atoms with van der Waals surface area (Å²) in [5, 5.41) is 25.2. The van der Waals surface area contributed by atoms with Gasteiger partial charge in [0, 0.05) is 60.7 Å². The van der Waals surface area contributed by atoms with Crippen molar-refractivity contribution in [1.82, 2.24) is 5.32 Å². The first kappa shape index (κ1) is 46.7. The predicted octanol–water partition coefficient (Wildman–Crippen LogP) is 6.01. The Labute approximate surface area is 364 Å². The molecule has 1 fully saturated rings. The second kappa shape index (κ2) is 22.5. The number of aliphatic hydroxyl groups is 2. The molecule has 0 aromatic carbocycles. The Kier molecular flexibility index (Phi) is 17.0. The summed E-state index contributed by atoms with van der Waals surface area (Å²) in [7, 11) is 0. The third kappa shape index (κ3) is 11.4. The van der Waals surface area contributed by atoms with E-state index in [0.717, 1.165) is 91.1 Å². The fourth-order valence-electron chi connectivity index (χ4n) is 8.37. The van der Waals surface area contributed by atoms with Crippen molar-refractivity contribution in [3.05, 3.63) is 91.5 Å². The van der Waals surface area contributed by atoms with E-state index in [-0.39, 0.29) is 62.4 Å². The van der Waals surface area contributed by atoms with Gasteiger partial charge in [-0.15, -0.1) is 0 Å². The van der Waals surface area contributed by atoms with Crippen LogP contribution in [-0.4, -0.2) is 125 Å². The molecule has 0 aromatic heterocycles. The highest BCUT2D eigenvalue weighted by Crippen LogP contribution is 2.46. The Morgan fingerprint density at radius 1 is 0.742 bits per heavy atom. The number of hydrogen-bond donors (Lipinski definition) is 3. The lowest BCUT2D eigenvalue weighted by Crippen LogP contribution is -2.17. The number of aliphatic hydroxyl groups excluding tert-OH is 2. The molecule has 336 valence electrons. The molecule has 5 aliphatic heterocycles. The maximum atomic E-state index is 13.1. The molecular formula is C47H62N4O11. The molecule has 5 heterocycles. The molecule has 15 nitrogen and oxygen atoms in total. The Bertz CT molecular complexity index is 2090. The van der Waals surface area contributed by atoms with Gasteiger partial charge >= 0.3 is 11.9 Å². The van der Waals surface area contributed by atoms with Crippen LogP contribution in [0, 0.1) is 11.8 Å². The van der Waals surface area contributed by atoms with Gasteiger partial charge in [0.2, 0.25) is 0 Å². The average molecular weight is 859 g/mol. The first-order valence-corrected chi connectivity index (χ1v) is 21.8. The summed E-state index contributed by atoms with van der Waals surface area (Å²) in [6.07, 6.45) is 8.48. The number of nitrogens with one attached hydrogen (secondary N) is 1. The molecule has 3 N–H and O–H groups in total. The molecule has 15 heteroatoms. The normalized spacial score (nSPS) is 20.5. The number of hydrogen-bond acceptors (Lipinski definition) is 15. The zero-order valence-electron chi connectivity index (χ0n) is 37.0. The molecule has 0 amide bonds. The number of ether oxygens (including phenoxy) is 7. The van der Waals surface area contributed by atoms with E-state index in [2.05, 4.69) is 32.2 Å². The van der Waals surface area contributed by atoms with Crippen molar-refractivity contribution >= 4 is 29.1 Å². The van der Waals surface area contributed by atoms with Gasteiger partial charge in [-0.1, -0.05) is 13.8 Å². The summed E-state index contributed by atoms with van der Waals surface area (Å²) in [5.41, 5.74) is 13.6. The van der Waals surface area contributed by atoms with Crippen LogP contribution < -0.4 is 5.32 Å². The molecule has 6 aliphatic rings. The average Bonchev–Trinajstić information content (AvgIpc) is 4.00. The van der Waals surface area contributed by atoms with E-state index < -0.39 is 0 Å². The van der Waals surface area contributed by atoms with E-state index in [4.69, 9.17) is 48.1 Å². The molecule has 0 aromatic rings. The highest BCUT2D eigenvalue weighted by Gasteiger charge is 2.41. The number of fused-ring (bicyclic) bond motifs is 5. The molecule has 0 spiro atoms. The quantitative estimate of drug-likeness (QED) is 0.0759. The molecule has 1 saturated heterocycles. The van der Waals surface area contributed by atoms with E-state index in [1.165, 1.54) is 6.92 Å². The largest absolute Gasteiger partial charge is 0.511 e. The molecule has 62 heavy (non-hydrogen) atoms. The zero-order valence-corrected chi connectivity index (χ0v) is 37.0. The van der Waals surface area contributed by atoms with Crippen LogP contribution in [0.25, 0.3) is 0 Å². The van der Waals surface area contributed by atoms with Crippen molar-refractivity contribution in [3.63, 3.8) is 0 Å². The second-order valence-electron chi connectivity index (χ2n) is 15.7. The number of aliphatic imine (C=N–C) groups is 3. The highest BCUT2D eigenvalue weighted by atomic mass is 16.6. The van der Waals surface area contributed by atoms with Gasteiger partial charge in [-0.05, 0) is 86.1 Å². The van der Waals surface area contributed by atoms with Crippen LogP contribution in [0.5, 0.6) is 0 Å². The summed E-state index contributed by atoms with van der Waals surface area (Å²) >= 11 is 0. The van der Waals surface area contributed by atoms with Crippen molar-refractivity contribution in [2.24, 2.45) is 26.8 Å². The SMILES string of the molecule is CCC1=C(C)C2=NC1=CC1=C(C)C3=C(O)CC(=C4NC(=CC5=NC(=C2)C(CCO)=C5C)[C@@H](C)[C@@H]4CCC(=O)OCCOCCOCCOCCOCCOCCOC(C)=O)C3=N1. The Morgan fingerprint density at radius 3 is 1.87 bits per heavy atom. The lowest BCUT2D eigenvalue weighted by molar-refractivity contribution is -0.145. The standard InChI is InChI=1S/C47H62N4O11/c1-7-33-28(2)38-26-42-34(10-11-52)29(3)37(49-42)25-39-30(4)35(46(50-39)36-24-43(54)45-31(5)40(51-47(36)45)27-41(33)48-38)8-9-44(55)62-23-21-60-19-17-58-15-13-56-12-14-57-16-18-59-20-22-61-32(6)53/h25-27,30,35,50,52,54H,7-24H2,1-6H3/t30-,35-/m0/s1. The van der Waals surface area contributed by atoms with Crippen LogP contribution in [0.4, 0.5) is 0 Å². The van der Waals surface area contributed by atoms with Gasteiger partial charge in [0.1, 0.15) is 19.0 Å². The summed E-state index contributed by atoms with van der Waals surface area (Å²) < 4.78 is 37.7. The van der Waals surface area contributed by atoms with Crippen molar-refractivity contribution in [2.75, 3.05) is 85.9 Å². The smallest absolute Gasteiger partial charge is 0.305 e. The molecule has 0 unspecified atom stereocenters. The molecular weight excluding hydrogens is 797 g/mol. The van der Waals surface area contributed by atoms with Crippen LogP contribution in [-0.2, 0) is 42.7 Å². The van der Waals surface area contributed by atoms with E-state index in [1.807, 2.05) is 26.0 Å². The van der Waals surface area contributed by atoms with Gasteiger partial charge in [-0.2, -0.15) is 0 Å². The summed E-state index contributed by atoms with van der Waals surface area (Å²) in [6.45, 7) is 16.0. The van der Waals surface area contributed by atoms with Crippen LogP contribution in [0.2, 0.25) is 0 Å². The van der Waals surface area contributed by atoms with Crippen molar-refractivity contribution < 1.29 is 53.0 Å². The van der Waals surface area contributed by atoms with Gasteiger partial charge in [0.15, 0.2) is 0 Å². The third-order valence-electron chi connectivity index (χ3n) is 11.7. The first-order chi connectivity index (χ1) is 30.0. The predicted molar refractivity (Wildman–Crippen MR) is 235 cm³/mol. The minimum Gasteiger partial charge on any atom is -0.511 e. The molecule has 8 bridgehead atoms. The number of rotatable bonds is 24. The van der Waals surface area contributed by atoms with Gasteiger partial charge in [0.25, 0.3) is 0 Å². The van der Waals surface area contributed by atoms with E-state index in [1.54, 1.807) is 0 Å². The summed E-state index contributed by atoms with van der Waals surface area (Å²) in [5.74, 6) is -0.435. The molecule has 2 atom stereocenters. The molecule has 0 radical (unpaired) electrons. The number of carbonyl (C=O) groups excluding carboxylic acids is 2. The van der Waals surface area contributed by atoms with Crippen LogP contribution in [0.15, 0.2) is 106 Å². The summed E-state index contributed by atoms with van der Waals surface area (Å²) in [6, 6.07) is 0. The maximum Gasteiger partial charge on any atom is 0.305 e. The van der Waals surface area contributed by atoms with Gasteiger partial charge in [-0.3, -0.25) is 9.59 Å². The fraction of sp³-hybridized carbons (Fsp3) is 0.553. The Balaban J connectivity index is 1.01. The van der Waals surface area contributed by atoms with E-state index in [0.29, 0.717) is 78.7 Å². The van der Waals surface area contributed by atoms with E-state index >= 15 is 0 Å². The molecule has 0 saturated carbocycles. The Hall–Kier alpha value is -4.77. The monoisotopic (exact) mass is 858 g/mol. The summed E-state index contributed by atoms with van der Waals surface area (Å²) in [4.78, 5) is 39.1. The fourth-order valence-corrected chi connectivity index (χ4v) is 8.37. The topological polar surface area (TPSA) is 188 Å². The van der Waals surface area contributed by atoms with Crippen molar-refractivity contribution in [3.8, 4) is 0 Å². The maximum absolute atomic E-state index is 13.1. The molecule has 1 aliphatic carbocycles. The number of nitrogens with zero attached hydrogens (tertiary/aromatic N) is 3. The minimum atomic E-state index is -0.327. The minimum absolute atomic E-state index is 0.00224. The lowest BCUT2D eigenvalue weighted by atomic mass is 9.86. The highest BCUT2D eigenvalue weighted by molar-refractivity contribution is 6.21. The van der Waals surface area contributed by atoms with Crippen molar-refractivity contribution in [2.45, 2.75) is 73.6 Å². The van der Waals surface area contributed by atoms with Gasteiger partial charge in [-0.25, -0.2) is 15.0 Å². The van der Waals surface area contributed by atoms with Gasteiger partial charge in [0.05, 0.1) is 100 Å². The van der Waals surface area contributed by atoms with Gasteiger partial charge < -0.3 is 48.7 Å². The number of carbonyl (C=O) groups is 2. The van der Waals surface area contributed by atoms with Crippen LogP contribution in [0.1, 0.15) is 73.6 Å². The van der Waals surface area contributed by atoms with Crippen LogP contribution in [0.3, 0.4) is 0 Å². The van der Waals surface area contributed by atoms with E-state index in [9.17, 15) is 19.8 Å². The second-order valence-corrected chi connectivity index (χ2v) is 15.7. The lowest BCUT2D eigenvalue weighted by Gasteiger charge is -2.17. The first-order valence-electron chi connectivity index (χ1n) is 21.8. The Morgan fingerprint density at radius 2 is 1.29 bits per heavy atom. The molecule has 6 rings (SSSR count).